The highest BCUT2D eigenvalue weighted by molar-refractivity contribution is 7.99. The van der Waals surface area contributed by atoms with E-state index in [1.807, 2.05) is 0 Å². The van der Waals surface area contributed by atoms with E-state index in [2.05, 4.69) is 15.5 Å². The number of aromatic nitrogens is 4. The normalized spacial score (nSPS) is 27.4. The van der Waals surface area contributed by atoms with E-state index in [4.69, 9.17) is 4.74 Å². The molecule has 13 heteroatoms. The molecule has 132 valence electrons. The molecule has 1 aromatic heterocycles. The number of carboxylic acid groups (broad SMARTS) is 2. The maximum atomic E-state index is 12.3. The molecule has 12 nitrogen and oxygen atoms in total. The Bertz CT molecular complexity index is 823. The van der Waals surface area contributed by atoms with Gasteiger partial charge in [-0.1, -0.05) is 11.8 Å². The molecule has 4 heterocycles. The number of ether oxygens (including phenoxy) is 1. The SMILES string of the molecule is Cn1nnnc1SCC1=C(C(=O)O)N2C(=O)[C@@H]3[C@H]2C1OCN3C(=O)O. The van der Waals surface area contributed by atoms with Gasteiger partial charge in [-0.15, -0.1) is 5.10 Å². The molecule has 2 amide bonds. The Kier molecular flexibility index (Phi) is 3.43. The van der Waals surface area contributed by atoms with Crippen LogP contribution in [-0.2, 0) is 21.4 Å². The molecule has 4 rings (SSSR count). The Morgan fingerprint density at radius 3 is 2.76 bits per heavy atom. The lowest BCUT2D eigenvalue weighted by Gasteiger charge is -2.51. The molecule has 3 aliphatic heterocycles. The quantitative estimate of drug-likeness (QED) is 0.478. The molecule has 0 bridgehead atoms. The number of carbonyl (C=O) groups excluding carboxylic acids is 1. The van der Waals surface area contributed by atoms with Gasteiger partial charge in [0.15, 0.2) is 0 Å². The summed E-state index contributed by atoms with van der Waals surface area (Å²) < 4.78 is 7.02. The van der Waals surface area contributed by atoms with Crippen molar-refractivity contribution in [3.63, 3.8) is 0 Å². The number of nitrogens with zero attached hydrogens (tertiary/aromatic N) is 6. The molecule has 1 aromatic rings. The molecule has 0 radical (unpaired) electrons. The summed E-state index contributed by atoms with van der Waals surface area (Å²) in [6, 6.07) is -1.55. The lowest BCUT2D eigenvalue weighted by molar-refractivity contribution is -0.182. The Morgan fingerprint density at radius 1 is 1.40 bits per heavy atom. The summed E-state index contributed by atoms with van der Waals surface area (Å²) in [6.07, 6.45) is -1.93. The monoisotopic (exact) mass is 368 g/mol. The molecule has 25 heavy (non-hydrogen) atoms. The highest BCUT2D eigenvalue weighted by atomic mass is 32.2. The second kappa shape index (κ2) is 5.42. The van der Waals surface area contributed by atoms with Gasteiger partial charge < -0.3 is 14.9 Å². The van der Waals surface area contributed by atoms with Gasteiger partial charge in [-0.2, -0.15) is 0 Å². The van der Waals surface area contributed by atoms with Crippen molar-refractivity contribution in [1.29, 1.82) is 0 Å². The Labute approximate surface area is 144 Å². The van der Waals surface area contributed by atoms with Gasteiger partial charge in [0.1, 0.15) is 24.6 Å². The molecule has 2 N–H and O–H groups in total. The zero-order valence-corrected chi connectivity index (χ0v) is 13.6. The third-order valence-electron chi connectivity index (χ3n) is 4.43. The minimum Gasteiger partial charge on any atom is -0.477 e. The van der Waals surface area contributed by atoms with Crippen molar-refractivity contribution in [2.45, 2.75) is 23.3 Å². The van der Waals surface area contributed by atoms with E-state index in [-0.39, 0.29) is 18.2 Å². The summed E-state index contributed by atoms with van der Waals surface area (Å²) in [4.78, 5) is 37.3. The van der Waals surface area contributed by atoms with E-state index in [0.29, 0.717) is 10.7 Å². The number of tetrazole rings is 1. The van der Waals surface area contributed by atoms with Crippen molar-refractivity contribution in [3.8, 4) is 0 Å². The van der Waals surface area contributed by atoms with Gasteiger partial charge in [0.25, 0.3) is 5.91 Å². The summed E-state index contributed by atoms with van der Waals surface area (Å²) in [5.74, 6) is -1.59. The van der Waals surface area contributed by atoms with Crippen LogP contribution in [0.15, 0.2) is 16.4 Å². The van der Waals surface area contributed by atoms with Gasteiger partial charge in [-0.3, -0.25) is 14.6 Å². The van der Waals surface area contributed by atoms with Crippen LogP contribution in [0.3, 0.4) is 0 Å². The number of carbonyl (C=O) groups is 3. The fraction of sp³-hybridized carbons (Fsp3) is 0.500. The third kappa shape index (κ3) is 2.12. The molecular formula is C12H12N6O6S. The van der Waals surface area contributed by atoms with Crippen LogP contribution in [0.1, 0.15) is 0 Å². The number of thioether (sulfide) groups is 1. The van der Waals surface area contributed by atoms with Gasteiger partial charge in [0.05, 0.1) is 6.04 Å². The number of hydrogen-bond acceptors (Lipinski definition) is 8. The first-order chi connectivity index (χ1) is 11.9. The average molecular weight is 368 g/mol. The molecule has 0 spiro atoms. The van der Waals surface area contributed by atoms with Crippen LogP contribution in [0, 0.1) is 0 Å². The predicted molar refractivity (Wildman–Crippen MR) is 78.2 cm³/mol. The van der Waals surface area contributed by atoms with Crippen LogP contribution in [0.25, 0.3) is 0 Å². The second-order valence-electron chi connectivity index (χ2n) is 5.67. The second-order valence-corrected chi connectivity index (χ2v) is 6.61. The van der Waals surface area contributed by atoms with Crippen LogP contribution in [-0.4, -0.2) is 88.9 Å². The standard InChI is InChI=1S/C12H12N6O6S/c1-16-11(13-14-15-16)25-2-4-5(10(20)21)18-6-7(9(18)19)17(12(22)23)3-24-8(4)6/h6-8H,2-3H2,1H3,(H,20,21)(H,22,23)/t6-,7-,8?/m0/s1. The van der Waals surface area contributed by atoms with Gasteiger partial charge >= 0.3 is 12.1 Å². The zero-order valence-electron chi connectivity index (χ0n) is 12.8. The lowest BCUT2D eigenvalue weighted by atomic mass is 9.89. The fourth-order valence-electron chi connectivity index (χ4n) is 3.36. The Balaban J connectivity index is 1.64. The van der Waals surface area contributed by atoms with Gasteiger partial charge in [-0.05, 0) is 10.4 Å². The van der Waals surface area contributed by atoms with Crippen molar-refractivity contribution >= 4 is 29.7 Å². The molecule has 3 atom stereocenters. The van der Waals surface area contributed by atoms with Crippen molar-refractivity contribution in [1.82, 2.24) is 30.0 Å². The minimum absolute atomic E-state index is 0.147. The molecule has 0 aliphatic carbocycles. The van der Waals surface area contributed by atoms with Gasteiger partial charge in [-0.25, -0.2) is 14.3 Å². The number of β-lactam (4-membered cyclic amide) rings is 1. The van der Waals surface area contributed by atoms with Crippen molar-refractivity contribution in [3.05, 3.63) is 11.3 Å². The molecule has 0 saturated carbocycles. The lowest BCUT2D eigenvalue weighted by Crippen LogP contribution is -2.75. The first-order valence-electron chi connectivity index (χ1n) is 7.17. The van der Waals surface area contributed by atoms with Crippen LogP contribution in [0.5, 0.6) is 0 Å². The first-order valence-corrected chi connectivity index (χ1v) is 8.16. The topological polar surface area (TPSA) is 151 Å². The van der Waals surface area contributed by atoms with Crippen LogP contribution in [0.4, 0.5) is 4.79 Å². The number of aryl methyl sites for hydroxylation is 1. The first kappa shape index (κ1) is 15.8. The summed E-state index contributed by atoms with van der Waals surface area (Å²) in [7, 11) is 1.65. The number of aliphatic carboxylic acids is 1. The van der Waals surface area contributed by atoms with E-state index < -0.39 is 36.2 Å². The summed E-state index contributed by atoms with van der Waals surface area (Å²) >= 11 is 1.21. The highest BCUT2D eigenvalue weighted by Gasteiger charge is 2.65. The van der Waals surface area contributed by atoms with Crippen molar-refractivity contribution < 1.29 is 29.3 Å². The summed E-state index contributed by atoms with van der Waals surface area (Å²) in [5, 5.41) is 30.2. The molecule has 2 fully saturated rings. The van der Waals surface area contributed by atoms with E-state index in [1.165, 1.54) is 16.4 Å². The number of carboxylic acids is 1. The van der Waals surface area contributed by atoms with Crippen LogP contribution in [0.2, 0.25) is 0 Å². The smallest absolute Gasteiger partial charge is 0.409 e. The van der Waals surface area contributed by atoms with Gasteiger partial charge in [0.2, 0.25) is 5.16 Å². The van der Waals surface area contributed by atoms with E-state index in [1.54, 1.807) is 7.05 Å². The van der Waals surface area contributed by atoms with E-state index in [0.717, 1.165) is 9.80 Å². The third-order valence-corrected chi connectivity index (χ3v) is 5.49. The maximum Gasteiger partial charge on any atom is 0.409 e. The zero-order chi connectivity index (χ0) is 17.9. The molecule has 3 aliphatic rings. The Hall–Kier alpha value is -2.67. The molecule has 2 saturated heterocycles. The van der Waals surface area contributed by atoms with Crippen molar-refractivity contribution in [2.24, 2.45) is 7.05 Å². The maximum absolute atomic E-state index is 12.3. The predicted octanol–water partition coefficient (Wildman–Crippen LogP) is -1.43. The largest absolute Gasteiger partial charge is 0.477 e. The number of rotatable bonds is 4. The molecular weight excluding hydrogens is 356 g/mol. The van der Waals surface area contributed by atoms with E-state index >= 15 is 0 Å². The van der Waals surface area contributed by atoms with Crippen LogP contribution >= 0.6 is 11.8 Å². The Morgan fingerprint density at radius 2 is 2.16 bits per heavy atom. The summed E-state index contributed by atoms with van der Waals surface area (Å²) in [5.41, 5.74) is 0.275. The number of hydrogen-bond donors (Lipinski definition) is 2. The van der Waals surface area contributed by atoms with Crippen LogP contribution < -0.4 is 0 Å². The van der Waals surface area contributed by atoms with Gasteiger partial charge in [0, 0.05) is 18.4 Å². The fourth-order valence-corrected chi connectivity index (χ4v) is 4.26. The van der Waals surface area contributed by atoms with E-state index in [9.17, 15) is 24.6 Å². The number of amides is 2. The summed E-state index contributed by atoms with van der Waals surface area (Å²) in [6.45, 7) is -0.284. The molecule has 0 aromatic carbocycles. The highest BCUT2D eigenvalue weighted by Crippen LogP contribution is 2.46. The molecule has 1 unspecified atom stereocenters. The average Bonchev–Trinajstić information content (AvgIpc) is 3.11. The minimum atomic E-state index is -1.28. The van der Waals surface area contributed by atoms with Crippen molar-refractivity contribution in [2.75, 3.05) is 12.5 Å².